The van der Waals surface area contributed by atoms with Gasteiger partial charge in [-0.3, -0.25) is 0 Å². The van der Waals surface area contributed by atoms with Crippen molar-refractivity contribution in [3.63, 3.8) is 0 Å². The number of nitriles is 1. The van der Waals surface area contributed by atoms with Crippen LogP contribution < -0.4 is 0 Å². The van der Waals surface area contributed by atoms with E-state index in [2.05, 4.69) is 0 Å². The lowest BCUT2D eigenvalue weighted by atomic mass is 9.99. The minimum absolute atomic E-state index is 0.0522. The van der Waals surface area contributed by atoms with Crippen LogP contribution in [0.3, 0.4) is 0 Å². The summed E-state index contributed by atoms with van der Waals surface area (Å²) in [5, 5.41) is 8.68. The molecule has 1 aromatic rings. The maximum absolute atomic E-state index is 12.7. The van der Waals surface area contributed by atoms with Crippen LogP contribution in [-0.2, 0) is 10.0 Å². The van der Waals surface area contributed by atoms with Crippen LogP contribution in [0.25, 0.3) is 0 Å². The average Bonchev–Trinajstić information content (AvgIpc) is 2.87. The van der Waals surface area contributed by atoms with E-state index in [0.29, 0.717) is 0 Å². The monoisotopic (exact) mass is 324 g/mol. The summed E-state index contributed by atoms with van der Waals surface area (Å²) < 4.78 is 63.4. The van der Waals surface area contributed by atoms with Crippen molar-refractivity contribution in [1.82, 2.24) is 4.31 Å². The second kappa shape index (κ2) is 5.35. The van der Waals surface area contributed by atoms with Crippen molar-refractivity contribution in [1.29, 1.82) is 5.26 Å². The van der Waals surface area contributed by atoms with Gasteiger partial charge in [0.1, 0.15) is 15.2 Å². The van der Waals surface area contributed by atoms with Crippen LogP contribution in [0.5, 0.6) is 0 Å². The quantitative estimate of drug-likeness (QED) is 0.840. The number of rotatable bonds is 2. The fourth-order valence-corrected chi connectivity index (χ4v) is 4.86. The Bertz CT molecular complexity index is 631. The Balaban J connectivity index is 2.24. The highest BCUT2D eigenvalue weighted by Gasteiger charge is 2.44. The van der Waals surface area contributed by atoms with Gasteiger partial charge in [-0.25, -0.2) is 8.42 Å². The molecule has 2 rings (SSSR count). The standard InChI is InChI=1S/C11H11F3N2O2S2/c12-11(13,14)8-2-1-5-16(7-8)20(17,18)10-4-3-9(6-15)19-10/h3-4,8H,1-2,5,7H2. The maximum Gasteiger partial charge on any atom is 0.393 e. The molecule has 1 unspecified atom stereocenters. The third kappa shape index (κ3) is 2.97. The van der Waals surface area contributed by atoms with Crippen LogP contribution in [0.4, 0.5) is 13.2 Å². The number of hydrogen-bond acceptors (Lipinski definition) is 4. The van der Waals surface area contributed by atoms with Crippen molar-refractivity contribution in [2.75, 3.05) is 13.1 Å². The molecule has 0 radical (unpaired) electrons. The first kappa shape index (κ1) is 15.3. The van der Waals surface area contributed by atoms with E-state index < -0.39 is 28.7 Å². The third-order valence-corrected chi connectivity index (χ3v) is 6.46. The minimum Gasteiger partial charge on any atom is -0.206 e. The van der Waals surface area contributed by atoms with Crippen molar-refractivity contribution in [3.05, 3.63) is 17.0 Å². The smallest absolute Gasteiger partial charge is 0.206 e. The first-order valence-electron chi connectivity index (χ1n) is 5.82. The predicted molar refractivity (Wildman–Crippen MR) is 66.6 cm³/mol. The van der Waals surface area contributed by atoms with Gasteiger partial charge in [0, 0.05) is 13.1 Å². The van der Waals surface area contributed by atoms with Gasteiger partial charge < -0.3 is 0 Å². The largest absolute Gasteiger partial charge is 0.393 e. The average molecular weight is 324 g/mol. The second-order valence-electron chi connectivity index (χ2n) is 4.47. The molecule has 1 aliphatic rings. The van der Waals surface area contributed by atoms with Crippen LogP contribution in [0.15, 0.2) is 16.3 Å². The van der Waals surface area contributed by atoms with Crippen LogP contribution in [0.1, 0.15) is 17.7 Å². The number of hydrogen-bond donors (Lipinski definition) is 0. The van der Waals surface area contributed by atoms with Crippen molar-refractivity contribution < 1.29 is 21.6 Å². The van der Waals surface area contributed by atoms with E-state index in [1.165, 1.54) is 12.1 Å². The van der Waals surface area contributed by atoms with Gasteiger partial charge >= 0.3 is 6.18 Å². The molecule has 0 amide bonds. The highest BCUT2D eigenvalue weighted by molar-refractivity contribution is 7.91. The SMILES string of the molecule is N#Cc1ccc(S(=O)(=O)N2CCCC(C(F)(F)F)C2)s1. The molecule has 0 bridgehead atoms. The van der Waals surface area contributed by atoms with Crippen LogP contribution in [-0.4, -0.2) is 32.0 Å². The topological polar surface area (TPSA) is 61.2 Å². The van der Waals surface area contributed by atoms with Gasteiger partial charge in [-0.2, -0.15) is 22.7 Å². The molecule has 1 saturated heterocycles. The molecule has 2 heterocycles. The summed E-state index contributed by atoms with van der Waals surface area (Å²) in [5.41, 5.74) is 0. The summed E-state index contributed by atoms with van der Waals surface area (Å²) >= 11 is 0.770. The molecule has 110 valence electrons. The van der Waals surface area contributed by atoms with E-state index in [9.17, 15) is 21.6 Å². The maximum atomic E-state index is 12.7. The highest BCUT2D eigenvalue weighted by Crippen LogP contribution is 2.35. The Morgan fingerprint density at radius 3 is 2.65 bits per heavy atom. The van der Waals surface area contributed by atoms with Crippen LogP contribution in [0, 0.1) is 17.2 Å². The Morgan fingerprint density at radius 2 is 2.10 bits per heavy atom. The van der Waals surface area contributed by atoms with Crippen molar-refractivity contribution in [2.45, 2.75) is 23.2 Å². The molecular formula is C11H11F3N2O2S2. The van der Waals surface area contributed by atoms with Gasteiger partial charge in [-0.05, 0) is 25.0 Å². The summed E-state index contributed by atoms with van der Waals surface area (Å²) in [6, 6.07) is 4.42. The molecule has 0 aliphatic carbocycles. The van der Waals surface area contributed by atoms with E-state index in [-0.39, 0.29) is 28.5 Å². The second-order valence-corrected chi connectivity index (χ2v) is 7.72. The highest BCUT2D eigenvalue weighted by atomic mass is 32.2. The number of sulfonamides is 1. The zero-order valence-electron chi connectivity index (χ0n) is 10.2. The lowest BCUT2D eigenvalue weighted by Crippen LogP contribution is -2.44. The van der Waals surface area contributed by atoms with Crippen LogP contribution in [0.2, 0.25) is 0 Å². The van der Waals surface area contributed by atoms with Gasteiger partial charge in [0.15, 0.2) is 0 Å². The molecule has 0 N–H and O–H groups in total. The molecule has 0 saturated carbocycles. The van der Waals surface area contributed by atoms with Gasteiger partial charge in [-0.1, -0.05) is 0 Å². The number of nitrogens with zero attached hydrogens (tertiary/aromatic N) is 2. The Hall–Kier alpha value is -1.11. The van der Waals surface area contributed by atoms with Crippen molar-refractivity contribution in [2.24, 2.45) is 5.92 Å². The van der Waals surface area contributed by atoms with Gasteiger partial charge in [-0.15, -0.1) is 11.3 Å². The number of piperidine rings is 1. The lowest BCUT2D eigenvalue weighted by Gasteiger charge is -2.32. The number of halogens is 3. The van der Waals surface area contributed by atoms with Crippen molar-refractivity contribution in [3.8, 4) is 6.07 Å². The molecule has 1 aliphatic heterocycles. The first-order chi connectivity index (χ1) is 9.25. The summed E-state index contributed by atoms with van der Waals surface area (Å²) in [4.78, 5) is 0.216. The Kier molecular flexibility index (Phi) is 4.09. The van der Waals surface area contributed by atoms with E-state index in [1.807, 2.05) is 6.07 Å². The van der Waals surface area contributed by atoms with Crippen molar-refractivity contribution >= 4 is 21.4 Å². The van der Waals surface area contributed by atoms with E-state index in [0.717, 1.165) is 15.6 Å². The molecule has 9 heteroatoms. The number of thiophene rings is 1. The molecule has 1 fully saturated rings. The lowest BCUT2D eigenvalue weighted by molar-refractivity contribution is -0.182. The zero-order chi connectivity index (χ0) is 15.0. The third-order valence-electron chi connectivity index (χ3n) is 3.13. The molecule has 4 nitrogen and oxygen atoms in total. The fourth-order valence-electron chi connectivity index (χ4n) is 2.07. The Labute approximate surface area is 118 Å². The Morgan fingerprint density at radius 1 is 1.40 bits per heavy atom. The van der Waals surface area contributed by atoms with E-state index in [1.54, 1.807) is 0 Å². The van der Waals surface area contributed by atoms with E-state index in [4.69, 9.17) is 5.26 Å². The molecule has 1 atom stereocenters. The molecule has 0 aromatic carbocycles. The molecule has 0 spiro atoms. The summed E-state index contributed by atoms with van der Waals surface area (Å²) in [6.45, 7) is -0.472. The first-order valence-corrected chi connectivity index (χ1v) is 8.07. The molecule has 20 heavy (non-hydrogen) atoms. The minimum atomic E-state index is -4.39. The van der Waals surface area contributed by atoms with E-state index >= 15 is 0 Å². The molecular weight excluding hydrogens is 313 g/mol. The summed E-state index contributed by atoms with van der Waals surface area (Å²) in [5.74, 6) is -1.62. The predicted octanol–water partition coefficient (Wildman–Crippen LogP) is 2.58. The fraction of sp³-hybridized carbons (Fsp3) is 0.545. The molecule has 1 aromatic heterocycles. The number of alkyl halides is 3. The van der Waals surface area contributed by atoms with Gasteiger partial charge in [0.05, 0.1) is 5.92 Å². The zero-order valence-corrected chi connectivity index (χ0v) is 11.9. The normalized spacial score (nSPS) is 21.6. The van der Waals surface area contributed by atoms with Gasteiger partial charge in [0.2, 0.25) is 0 Å². The van der Waals surface area contributed by atoms with Gasteiger partial charge in [0.25, 0.3) is 10.0 Å². The summed E-state index contributed by atoms with van der Waals surface area (Å²) in [7, 11) is -3.94. The summed E-state index contributed by atoms with van der Waals surface area (Å²) in [6.07, 6.45) is -4.26. The van der Waals surface area contributed by atoms with Crippen LogP contribution >= 0.6 is 11.3 Å².